The first-order chi connectivity index (χ1) is 16.1. The summed E-state index contributed by atoms with van der Waals surface area (Å²) in [6.45, 7) is 4.72. The lowest BCUT2D eigenvalue weighted by atomic mass is 10.1. The highest BCUT2D eigenvalue weighted by Gasteiger charge is 2.27. The van der Waals surface area contributed by atoms with Crippen LogP contribution < -0.4 is 14.8 Å². The molecule has 5 rings (SSSR count). The third kappa shape index (κ3) is 4.41. The molecule has 1 N–H and O–H groups in total. The van der Waals surface area contributed by atoms with Crippen LogP contribution in [0.1, 0.15) is 51.5 Å². The number of hydrogen-bond acceptors (Lipinski definition) is 5. The molecule has 8 heteroatoms. The number of fused-ring (bicyclic) bond motifs is 2. The minimum Gasteiger partial charge on any atom is -0.486 e. The highest BCUT2D eigenvalue weighted by molar-refractivity contribution is 5.98. The van der Waals surface area contributed by atoms with E-state index in [1.165, 1.54) is 0 Å². The second-order valence-corrected chi connectivity index (χ2v) is 8.30. The normalized spacial score (nSPS) is 16.0. The molecule has 170 valence electrons. The van der Waals surface area contributed by atoms with Gasteiger partial charge >= 0.3 is 0 Å². The number of amides is 2. The molecule has 0 saturated carbocycles. The predicted molar refractivity (Wildman–Crippen MR) is 121 cm³/mol. The summed E-state index contributed by atoms with van der Waals surface area (Å²) in [4.78, 5) is 27.9. The fourth-order valence-electron chi connectivity index (χ4n) is 4.18. The fourth-order valence-corrected chi connectivity index (χ4v) is 4.18. The summed E-state index contributed by atoms with van der Waals surface area (Å²) in [5.41, 5.74) is 2.66. The van der Waals surface area contributed by atoms with Crippen LogP contribution in [0.5, 0.6) is 11.5 Å². The summed E-state index contributed by atoms with van der Waals surface area (Å²) in [7, 11) is 0. The number of ether oxygens (including phenoxy) is 2. The standard InChI is InChI=1S/C25H26N4O4/c1-17(19-8-9-22-23(14-19)33-13-12-32-22)26-24(30)20-15-21-25(31)28(10-5-11-29(21)27-20)16-18-6-3-2-4-7-18/h2-4,6-9,14-15,17H,5,10-13,16H2,1H3,(H,26,30). The maximum absolute atomic E-state index is 13.2. The van der Waals surface area contributed by atoms with Crippen molar-refractivity contribution in [3.05, 3.63) is 77.1 Å². The van der Waals surface area contributed by atoms with Gasteiger partial charge in [-0.15, -0.1) is 0 Å². The number of carbonyl (C=O) groups is 2. The molecule has 0 spiro atoms. The fraction of sp³-hybridized carbons (Fsp3) is 0.320. The minimum absolute atomic E-state index is 0.109. The Hall–Kier alpha value is -3.81. The van der Waals surface area contributed by atoms with Gasteiger partial charge < -0.3 is 19.7 Å². The Morgan fingerprint density at radius 2 is 1.85 bits per heavy atom. The first-order valence-electron chi connectivity index (χ1n) is 11.2. The Morgan fingerprint density at radius 3 is 2.67 bits per heavy atom. The second kappa shape index (κ2) is 8.97. The molecule has 2 aliphatic heterocycles. The molecule has 1 unspecified atom stereocenters. The van der Waals surface area contributed by atoms with Crippen LogP contribution in [0.15, 0.2) is 54.6 Å². The summed E-state index contributed by atoms with van der Waals surface area (Å²) < 4.78 is 12.8. The average molecular weight is 447 g/mol. The van der Waals surface area contributed by atoms with E-state index in [2.05, 4.69) is 10.4 Å². The Morgan fingerprint density at radius 1 is 1.06 bits per heavy atom. The van der Waals surface area contributed by atoms with Gasteiger partial charge in [0.05, 0.1) is 6.04 Å². The van der Waals surface area contributed by atoms with Crippen molar-refractivity contribution in [2.45, 2.75) is 32.5 Å². The van der Waals surface area contributed by atoms with Crippen molar-refractivity contribution in [3.8, 4) is 11.5 Å². The molecule has 0 fully saturated rings. The number of hydrogen-bond donors (Lipinski definition) is 1. The van der Waals surface area contributed by atoms with Gasteiger partial charge in [0.25, 0.3) is 11.8 Å². The maximum Gasteiger partial charge on any atom is 0.272 e. The molecule has 3 heterocycles. The van der Waals surface area contributed by atoms with E-state index in [0.29, 0.717) is 50.0 Å². The van der Waals surface area contributed by atoms with E-state index >= 15 is 0 Å². The number of rotatable bonds is 5. The van der Waals surface area contributed by atoms with E-state index in [1.807, 2.05) is 60.4 Å². The van der Waals surface area contributed by atoms with E-state index < -0.39 is 0 Å². The predicted octanol–water partition coefficient (Wildman–Crippen LogP) is 3.19. The van der Waals surface area contributed by atoms with Crippen LogP contribution >= 0.6 is 0 Å². The molecule has 0 aliphatic carbocycles. The molecular weight excluding hydrogens is 420 g/mol. The van der Waals surface area contributed by atoms with Gasteiger partial charge in [-0.3, -0.25) is 14.3 Å². The molecule has 2 amide bonds. The Balaban J connectivity index is 1.30. The monoisotopic (exact) mass is 446 g/mol. The van der Waals surface area contributed by atoms with Crippen molar-refractivity contribution in [2.24, 2.45) is 0 Å². The van der Waals surface area contributed by atoms with Gasteiger partial charge in [0.15, 0.2) is 17.2 Å². The van der Waals surface area contributed by atoms with E-state index in [9.17, 15) is 9.59 Å². The molecule has 1 atom stereocenters. The molecular formula is C25H26N4O4. The van der Waals surface area contributed by atoms with Crippen molar-refractivity contribution in [2.75, 3.05) is 19.8 Å². The van der Waals surface area contributed by atoms with E-state index in [4.69, 9.17) is 9.47 Å². The van der Waals surface area contributed by atoms with Crippen LogP contribution in [0, 0.1) is 0 Å². The van der Waals surface area contributed by atoms with Crippen molar-refractivity contribution in [1.82, 2.24) is 20.0 Å². The van der Waals surface area contributed by atoms with Crippen molar-refractivity contribution in [1.29, 1.82) is 0 Å². The number of benzene rings is 2. The number of aromatic nitrogens is 2. The number of aryl methyl sites for hydroxylation is 1. The Kier molecular flexibility index (Phi) is 5.73. The second-order valence-electron chi connectivity index (χ2n) is 8.30. The Labute approximate surface area is 192 Å². The van der Waals surface area contributed by atoms with Gasteiger partial charge in [0, 0.05) is 25.7 Å². The summed E-state index contributed by atoms with van der Waals surface area (Å²) >= 11 is 0. The van der Waals surface area contributed by atoms with Gasteiger partial charge in [-0.1, -0.05) is 36.4 Å². The van der Waals surface area contributed by atoms with E-state index in [1.54, 1.807) is 10.7 Å². The lowest BCUT2D eigenvalue weighted by molar-refractivity contribution is 0.0745. The largest absolute Gasteiger partial charge is 0.486 e. The van der Waals surface area contributed by atoms with Crippen molar-refractivity contribution in [3.63, 3.8) is 0 Å². The summed E-state index contributed by atoms with van der Waals surface area (Å²) in [6, 6.07) is 16.9. The summed E-state index contributed by atoms with van der Waals surface area (Å²) in [5.74, 6) is 0.959. The highest BCUT2D eigenvalue weighted by atomic mass is 16.6. The SMILES string of the molecule is CC(NC(=O)c1cc2n(n1)CCCN(Cc1ccccc1)C2=O)c1ccc2c(c1)OCCO2. The first kappa shape index (κ1) is 21.1. The zero-order valence-electron chi connectivity index (χ0n) is 18.5. The van der Waals surface area contributed by atoms with E-state index in [0.717, 1.165) is 17.5 Å². The third-order valence-electron chi connectivity index (χ3n) is 5.95. The number of carbonyl (C=O) groups excluding carboxylic acids is 2. The van der Waals surface area contributed by atoms with Crippen LogP contribution in [0.3, 0.4) is 0 Å². The number of nitrogens with zero attached hydrogens (tertiary/aromatic N) is 3. The molecule has 33 heavy (non-hydrogen) atoms. The van der Waals surface area contributed by atoms with Crippen LogP contribution in [0.25, 0.3) is 0 Å². The Bertz CT molecular complexity index is 1170. The molecule has 3 aromatic rings. The van der Waals surface area contributed by atoms with Gasteiger partial charge in [0.1, 0.15) is 18.9 Å². The molecule has 0 radical (unpaired) electrons. The maximum atomic E-state index is 13.2. The zero-order valence-corrected chi connectivity index (χ0v) is 18.5. The van der Waals surface area contributed by atoms with Gasteiger partial charge in [-0.05, 0) is 36.6 Å². The zero-order chi connectivity index (χ0) is 22.8. The number of nitrogens with one attached hydrogen (secondary N) is 1. The lowest BCUT2D eigenvalue weighted by Crippen LogP contribution is -2.30. The first-order valence-corrected chi connectivity index (χ1v) is 11.2. The van der Waals surface area contributed by atoms with Gasteiger partial charge in [-0.25, -0.2) is 0 Å². The molecule has 0 bridgehead atoms. The lowest BCUT2D eigenvalue weighted by Gasteiger charge is -2.21. The minimum atomic E-state index is -0.319. The average Bonchev–Trinajstić information content (AvgIpc) is 3.22. The van der Waals surface area contributed by atoms with Crippen LogP contribution in [-0.4, -0.2) is 46.3 Å². The highest BCUT2D eigenvalue weighted by Crippen LogP contribution is 2.32. The quantitative estimate of drug-likeness (QED) is 0.651. The molecule has 8 nitrogen and oxygen atoms in total. The molecule has 0 saturated heterocycles. The molecule has 2 aliphatic rings. The topological polar surface area (TPSA) is 85.7 Å². The third-order valence-corrected chi connectivity index (χ3v) is 5.95. The summed E-state index contributed by atoms with van der Waals surface area (Å²) in [6.07, 6.45) is 0.780. The molecule has 1 aromatic heterocycles. The molecule has 2 aromatic carbocycles. The van der Waals surface area contributed by atoms with Crippen LogP contribution in [-0.2, 0) is 13.1 Å². The van der Waals surface area contributed by atoms with Gasteiger partial charge in [-0.2, -0.15) is 5.10 Å². The van der Waals surface area contributed by atoms with Crippen molar-refractivity contribution >= 4 is 11.8 Å². The summed E-state index contributed by atoms with van der Waals surface area (Å²) in [5, 5.41) is 7.41. The van der Waals surface area contributed by atoms with Gasteiger partial charge in [0.2, 0.25) is 0 Å². The van der Waals surface area contributed by atoms with Crippen LogP contribution in [0.4, 0.5) is 0 Å². The van der Waals surface area contributed by atoms with Crippen molar-refractivity contribution < 1.29 is 19.1 Å². The van der Waals surface area contributed by atoms with Crippen LogP contribution in [0.2, 0.25) is 0 Å². The smallest absolute Gasteiger partial charge is 0.272 e. The van der Waals surface area contributed by atoms with E-state index in [-0.39, 0.29) is 23.6 Å².